The number of nitrogens with zero attached hydrogens (tertiary/aromatic N) is 3. The van der Waals surface area contributed by atoms with Crippen LogP contribution < -0.4 is 0 Å². The molecule has 7 heteroatoms. The summed E-state index contributed by atoms with van der Waals surface area (Å²) in [5.41, 5.74) is -0.728. The number of carbonyl (C=O) groups excluding carboxylic acids is 1. The number of amides is 1. The topological polar surface area (TPSA) is 87.2 Å². The Bertz CT molecular complexity index is 554. The lowest BCUT2D eigenvalue weighted by atomic mass is 10.1. The molecule has 1 aromatic rings. The molecule has 1 rings (SSSR count). The van der Waals surface area contributed by atoms with Gasteiger partial charge in [0.1, 0.15) is 5.82 Å². The minimum Gasteiger partial charge on any atom is -0.340 e. The third-order valence-corrected chi connectivity index (χ3v) is 2.51. The van der Waals surface area contributed by atoms with Gasteiger partial charge in [-0.2, -0.15) is 5.26 Å². The summed E-state index contributed by atoms with van der Waals surface area (Å²) in [4.78, 5) is 23.0. The largest absolute Gasteiger partial charge is 0.340 e. The molecule has 0 saturated heterocycles. The van der Waals surface area contributed by atoms with Gasteiger partial charge in [0.15, 0.2) is 0 Å². The summed E-state index contributed by atoms with van der Waals surface area (Å²) in [6, 6.07) is 4.72. The molecule has 0 saturated carbocycles. The third-order valence-electron chi connectivity index (χ3n) is 2.51. The molecule has 0 heterocycles. The second-order valence-corrected chi connectivity index (χ2v) is 4.14. The van der Waals surface area contributed by atoms with Gasteiger partial charge in [-0.1, -0.05) is 0 Å². The van der Waals surface area contributed by atoms with Crippen LogP contribution in [0.15, 0.2) is 18.2 Å². The van der Waals surface area contributed by atoms with E-state index in [9.17, 15) is 19.3 Å². The van der Waals surface area contributed by atoms with E-state index in [1.54, 1.807) is 6.92 Å². The average Bonchev–Trinajstić information content (AvgIpc) is 2.37. The smallest absolute Gasteiger partial charge is 0.270 e. The van der Waals surface area contributed by atoms with Gasteiger partial charge >= 0.3 is 0 Å². The summed E-state index contributed by atoms with van der Waals surface area (Å²) in [6.07, 6.45) is 0. The average molecular weight is 265 g/mol. The fourth-order valence-electron chi connectivity index (χ4n) is 1.53. The van der Waals surface area contributed by atoms with Crippen molar-refractivity contribution in [3.63, 3.8) is 0 Å². The normalized spacial score (nSPS) is 11.5. The van der Waals surface area contributed by atoms with Gasteiger partial charge in [-0.05, 0) is 13.0 Å². The Kier molecular flexibility index (Phi) is 4.53. The summed E-state index contributed by atoms with van der Waals surface area (Å²) >= 11 is 0. The second-order valence-electron chi connectivity index (χ2n) is 4.14. The van der Waals surface area contributed by atoms with Crippen LogP contribution in [0.2, 0.25) is 0 Å². The molecule has 0 N–H and O–H groups in total. The highest BCUT2D eigenvalue weighted by atomic mass is 19.1. The van der Waals surface area contributed by atoms with E-state index in [4.69, 9.17) is 5.26 Å². The minimum atomic E-state index is -0.827. The van der Waals surface area contributed by atoms with Crippen LogP contribution in [0.5, 0.6) is 0 Å². The molecular formula is C12H12FN3O3. The van der Waals surface area contributed by atoms with E-state index >= 15 is 0 Å². The fourth-order valence-corrected chi connectivity index (χ4v) is 1.53. The van der Waals surface area contributed by atoms with Crippen LogP contribution in [-0.4, -0.2) is 29.3 Å². The Morgan fingerprint density at radius 1 is 1.63 bits per heavy atom. The molecule has 100 valence electrons. The summed E-state index contributed by atoms with van der Waals surface area (Å²) in [7, 11) is 1.41. The quantitative estimate of drug-likeness (QED) is 0.615. The number of nitriles is 1. The Morgan fingerprint density at radius 2 is 2.26 bits per heavy atom. The molecule has 0 aliphatic heterocycles. The van der Waals surface area contributed by atoms with E-state index in [0.717, 1.165) is 23.1 Å². The van der Waals surface area contributed by atoms with Crippen molar-refractivity contribution in [2.24, 2.45) is 5.92 Å². The zero-order valence-corrected chi connectivity index (χ0v) is 10.5. The predicted molar refractivity (Wildman–Crippen MR) is 64.8 cm³/mol. The Labute approximate surface area is 109 Å². The maximum Gasteiger partial charge on any atom is 0.270 e. The molecule has 0 aliphatic carbocycles. The monoisotopic (exact) mass is 265 g/mol. The van der Waals surface area contributed by atoms with Crippen LogP contribution in [-0.2, 0) is 0 Å². The summed E-state index contributed by atoms with van der Waals surface area (Å²) in [5.74, 6) is -1.92. The van der Waals surface area contributed by atoms with Crippen LogP contribution in [0.1, 0.15) is 17.3 Å². The van der Waals surface area contributed by atoms with Crippen LogP contribution in [0, 0.1) is 33.2 Å². The zero-order valence-electron chi connectivity index (χ0n) is 10.5. The van der Waals surface area contributed by atoms with Crippen LogP contribution in [0.25, 0.3) is 0 Å². The van der Waals surface area contributed by atoms with Crippen LogP contribution >= 0.6 is 0 Å². The van der Waals surface area contributed by atoms with E-state index in [2.05, 4.69) is 0 Å². The first-order valence-electron chi connectivity index (χ1n) is 5.45. The number of non-ortho nitro benzene ring substituents is 1. The lowest BCUT2D eigenvalue weighted by Gasteiger charge is -2.18. The van der Waals surface area contributed by atoms with Crippen molar-refractivity contribution < 1.29 is 14.1 Å². The number of nitro groups is 1. The predicted octanol–water partition coefficient (Wildman–Crippen LogP) is 1.97. The van der Waals surface area contributed by atoms with Crippen LogP contribution in [0.3, 0.4) is 0 Å². The molecule has 1 unspecified atom stereocenters. The highest BCUT2D eigenvalue weighted by molar-refractivity contribution is 5.95. The van der Waals surface area contributed by atoms with Gasteiger partial charge in [0, 0.05) is 25.7 Å². The highest BCUT2D eigenvalue weighted by Crippen LogP contribution is 2.18. The Balaban J connectivity index is 3.02. The molecule has 6 nitrogen and oxygen atoms in total. The number of hydrogen-bond donors (Lipinski definition) is 0. The van der Waals surface area contributed by atoms with E-state index in [0.29, 0.717) is 0 Å². The van der Waals surface area contributed by atoms with Gasteiger partial charge in [-0.15, -0.1) is 0 Å². The summed E-state index contributed by atoms with van der Waals surface area (Å²) in [6.45, 7) is 1.74. The molecule has 1 aromatic carbocycles. The van der Waals surface area contributed by atoms with Crippen LogP contribution in [0.4, 0.5) is 10.1 Å². The number of nitro benzene ring substituents is 1. The van der Waals surface area contributed by atoms with Crippen molar-refractivity contribution in [1.29, 1.82) is 5.26 Å². The lowest BCUT2D eigenvalue weighted by molar-refractivity contribution is -0.384. The zero-order chi connectivity index (χ0) is 14.6. The van der Waals surface area contributed by atoms with E-state index in [-0.39, 0.29) is 17.8 Å². The van der Waals surface area contributed by atoms with E-state index in [1.807, 2.05) is 6.07 Å². The van der Waals surface area contributed by atoms with Crippen molar-refractivity contribution in [3.8, 4) is 6.07 Å². The fraction of sp³-hybridized carbons (Fsp3) is 0.333. The van der Waals surface area contributed by atoms with Crippen molar-refractivity contribution >= 4 is 11.6 Å². The molecular weight excluding hydrogens is 253 g/mol. The summed E-state index contributed by atoms with van der Waals surface area (Å²) < 4.78 is 13.5. The first kappa shape index (κ1) is 14.6. The summed E-state index contributed by atoms with van der Waals surface area (Å²) in [5, 5.41) is 19.3. The van der Waals surface area contributed by atoms with Gasteiger partial charge in [0.05, 0.1) is 22.5 Å². The number of carbonyl (C=O) groups is 1. The molecule has 0 aromatic heterocycles. The molecule has 0 bridgehead atoms. The number of rotatable bonds is 4. The first-order chi connectivity index (χ1) is 8.86. The molecule has 0 fully saturated rings. The van der Waals surface area contributed by atoms with Gasteiger partial charge in [-0.25, -0.2) is 4.39 Å². The number of hydrogen-bond acceptors (Lipinski definition) is 4. The molecule has 1 atom stereocenters. The maximum absolute atomic E-state index is 13.5. The highest BCUT2D eigenvalue weighted by Gasteiger charge is 2.20. The van der Waals surface area contributed by atoms with Crippen molar-refractivity contribution in [3.05, 3.63) is 39.7 Å². The Morgan fingerprint density at radius 3 is 2.79 bits per heavy atom. The van der Waals surface area contributed by atoms with E-state index in [1.165, 1.54) is 7.05 Å². The molecule has 0 radical (unpaired) electrons. The third kappa shape index (κ3) is 3.48. The van der Waals surface area contributed by atoms with Gasteiger partial charge in [0.2, 0.25) is 0 Å². The first-order valence-corrected chi connectivity index (χ1v) is 5.45. The SMILES string of the molecule is CC(C#N)CN(C)C(=O)c1cc([N+](=O)[O-])ccc1F. The second kappa shape index (κ2) is 5.91. The van der Waals surface area contributed by atoms with Crippen molar-refractivity contribution in [2.75, 3.05) is 13.6 Å². The molecule has 0 aliphatic rings. The standard InChI is InChI=1S/C12H12FN3O3/c1-8(6-14)7-15(2)12(17)10-5-9(16(18)19)3-4-11(10)13/h3-5,8H,7H2,1-2H3. The van der Waals surface area contributed by atoms with Gasteiger partial charge in [0.25, 0.3) is 11.6 Å². The van der Waals surface area contributed by atoms with Gasteiger partial charge < -0.3 is 4.90 Å². The minimum absolute atomic E-state index is 0.122. The number of benzene rings is 1. The van der Waals surface area contributed by atoms with E-state index < -0.39 is 22.6 Å². The maximum atomic E-state index is 13.5. The Hall–Kier alpha value is -2.49. The lowest BCUT2D eigenvalue weighted by Crippen LogP contribution is -2.31. The molecule has 1 amide bonds. The van der Waals surface area contributed by atoms with Crippen molar-refractivity contribution in [1.82, 2.24) is 4.90 Å². The molecule has 0 spiro atoms. The van der Waals surface area contributed by atoms with Crippen molar-refractivity contribution in [2.45, 2.75) is 6.92 Å². The van der Waals surface area contributed by atoms with Gasteiger partial charge in [-0.3, -0.25) is 14.9 Å². The number of halogens is 1. The molecule has 19 heavy (non-hydrogen) atoms.